The third kappa shape index (κ3) is 3.86. The maximum atomic E-state index is 13.5. The summed E-state index contributed by atoms with van der Waals surface area (Å²) in [5.41, 5.74) is 0.823. The van der Waals surface area contributed by atoms with Crippen LogP contribution in [0.5, 0.6) is 0 Å². The Kier molecular flexibility index (Phi) is 5.40. The molecule has 4 heteroatoms. The molecule has 0 atom stereocenters. The molecule has 0 bridgehead atoms. The highest BCUT2D eigenvalue weighted by molar-refractivity contribution is 6.30. The van der Waals surface area contributed by atoms with Gasteiger partial charge in [0.2, 0.25) is 5.91 Å². The zero-order valence-corrected chi connectivity index (χ0v) is 14.6. The number of rotatable bonds is 3. The van der Waals surface area contributed by atoms with E-state index in [9.17, 15) is 9.18 Å². The number of hydrogen-bond acceptors (Lipinski definition) is 1. The van der Waals surface area contributed by atoms with Gasteiger partial charge in [0, 0.05) is 5.02 Å². The van der Waals surface area contributed by atoms with Gasteiger partial charge in [-0.1, -0.05) is 60.5 Å². The number of carbonyl (C=O) groups excluding carboxylic acids is 1. The maximum absolute atomic E-state index is 13.5. The SMILES string of the molecule is O=C(NCC#Cc1ccccc1F)C1(c2ccc(Cl)cc2)CCCC1. The molecule has 1 saturated carbocycles. The third-order valence-electron chi connectivity index (χ3n) is 4.72. The average Bonchev–Trinajstić information content (AvgIpc) is 3.11. The molecule has 1 fully saturated rings. The lowest BCUT2D eigenvalue weighted by Gasteiger charge is -2.28. The van der Waals surface area contributed by atoms with Crippen molar-refractivity contribution in [3.05, 3.63) is 70.5 Å². The van der Waals surface area contributed by atoms with Crippen molar-refractivity contribution in [1.29, 1.82) is 0 Å². The van der Waals surface area contributed by atoms with E-state index in [4.69, 9.17) is 11.6 Å². The quantitative estimate of drug-likeness (QED) is 0.809. The smallest absolute Gasteiger partial charge is 0.231 e. The van der Waals surface area contributed by atoms with Gasteiger partial charge in [-0.2, -0.15) is 0 Å². The second kappa shape index (κ2) is 7.72. The Balaban J connectivity index is 1.70. The lowest BCUT2D eigenvalue weighted by molar-refractivity contribution is -0.126. The standard InChI is InChI=1S/C21H19ClFNO/c22-18-11-9-17(10-12-18)21(13-3-4-14-21)20(25)24-15-5-7-16-6-1-2-8-19(16)23/h1-2,6,8-12H,3-4,13-15H2,(H,24,25). The van der Waals surface area contributed by atoms with Gasteiger partial charge >= 0.3 is 0 Å². The molecular weight excluding hydrogens is 337 g/mol. The predicted octanol–water partition coefficient (Wildman–Crippen LogP) is 4.46. The van der Waals surface area contributed by atoms with Crippen molar-refractivity contribution < 1.29 is 9.18 Å². The van der Waals surface area contributed by atoms with Gasteiger partial charge in [0.05, 0.1) is 17.5 Å². The Morgan fingerprint density at radius 2 is 1.80 bits per heavy atom. The van der Waals surface area contributed by atoms with Crippen LogP contribution in [-0.4, -0.2) is 12.5 Å². The van der Waals surface area contributed by atoms with Crippen LogP contribution in [0.1, 0.15) is 36.8 Å². The minimum atomic E-state index is -0.510. The molecule has 2 aromatic carbocycles. The van der Waals surface area contributed by atoms with Crippen molar-refractivity contribution in [2.75, 3.05) is 6.54 Å². The van der Waals surface area contributed by atoms with E-state index in [1.165, 1.54) is 6.07 Å². The Morgan fingerprint density at radius 1 is 1.12 bits per heavy atom. The van der Waals surface area contributed by atoms with Gasteiger partial charge in [0.15, 0.2) is 0 Å². The molecule has 1 amide bonds. The van der Waals surface area contributed by atoms with E-state index in [1.54, 1.807) is 18.2 Å². The monoisotopic (exact) mass is 355 g/mol. The second-order valence-corrected chi connectivity index (χ2v) is 6.70. The molecular formula is C21H19ClFNO. The average molecular weight is 356 g/mol. The van der Waals surface area contributed by atoms with Crippen LogP contribution in [0.25, 0.3) is 0 Å². The number of amides is 1. The molecule has 0 spiro atoms. The molecule has 0 aliphatic heterocycles. The molecule has 2 nitrogen and oxygen atoms in total. The van der Waals surface area contributed by atoms with E-state index in [0.717, 1.165) is 31.2 Å². The van der Waals surface area contributed by atoms with Crippen molar-refractivity contribution in [1.82, 2.24) is 5.32 Å². The van der Waals surface area contributed by atoms with E-state index in [1.807, 2.05) is 24.3 Å². The van der Waals surface area contributed by atoms with E-state index < -0.39 is 5.41 Å². The zero-order valence-electron chi connectivity index (χ0n) is 13.8. The Bertz CT molecular complexity index is 814. The fourth-order valence-corrected chi connectivity index (χ4v) is 3.52. The van der Waals surface area contributed by atoms with Crippen LogP contribution >= 0.6 is 11.6 Å². The maximum Gasteiger partial charge on any atom is 0.231 e. The number of hydrogen-bond donors (Lipinski definition) is 1. The number of carbonyl (C=O) groups is 1. The highest BCUT2D eigenvalue weighted by atomic mass is 35.5. The van der Waals surface area contributed by atoms with Crippen LogP contribution in [0, 0.1) is 17.7 Å². The van der Waals surface area contributed by atoms with Crippen LogP contribution in [0.15, 0.2) is 48.5 Å². The minimum absolute atomic E-state index is 0.0184. The van der Waals surface area contributed by atoms with Crippen LogP contribution in [-0.2, 0) is 10.2 Å². The molecule has 0 saturated heterocycles. The molecule has 0 aromatic heterocycles. The van der Waals surface area contributed by atoms with Gasteiger partial charge in [-0.05, 0) is 42.7 Å². The summed E-state index contributed by atoms with van der Waals surface area (Å²) in [6, 6.07) is 13.9. The molecule has 128 valence electrons. The second-order valence-electron chi connectivity index (χ2n) is 6.26. The zero-order chi connectivity index (χ0) is 17.7. The molecule has 1 aliphatic carbocycles. The third-order valence-corrected chi connectivity index (χ3v) is 4.97. The molecule has 3 rings (SSSR count). The van der Waals surface area contributed by atoms with Gasteiger partial charge in [0.25, 0.3) is 0 Å². The normalized spacial score (nSPS) is 15.3. The van der Waals surface area contributed by atoms with E-state index in [-0.39, 0.29) is 18.3 Å². The summed E-state index contributed by atoms with van der Waals surface area (Å²) >= 11 is 5.97. The highest BCUT2D eigenvalue weighted by Gasteiger charge is 2.42. The van der Waals surface area contributed by atoms with Crippen LogP contribution < -0.4 is 5.32 Å². The Morgan fingerprint density at radius 3 is 2.48 bits per heavy atom. The van der Waals surface area contributed by atoms with Crippen molar-refractivity contribution in [2.45, 2.75) is 31.1 Å². The summed E-state index contributed by atoms with van der Waals surface area (Å²) in [4.78, 5) is 12.8. The molecule has 2 aromatic rings. The summed E-state index contributed by atoms with van der Waals surface area (Å²) in [5, 5.41) is 3.56. The number of benzene rings is 2. The van der Waals surface area contributed by atoms with E-state index in [2.05, 4.69) is 17.2 Å². The van der Waals surface area contributed by atoms with Gasteiger partial charge in [-0.15, -0.1) is 0 Å². The molecule has 0 radical (unpaired) electrons. The summed E-state index contributed by atoms with van der Waals surface area (Å²) in [6.45, 7) is 0.197. The van der Waals surface area contributed by atoms with Gasteiger partial charge in [0.1, 0.15) is 5.82 Å². The summed E-state index contributed by atoms with van der Waals surface area (Å²) in [7, 11) is 0. The molecule has 25 heavy (non-hydrogen) atoms. The Labute approximate surface area is 152 Å². The summed E-state index contributed by atoms with van der Waals surface area (Å²) in [6.07, 6.45) is 3.69. The highest BCUT2D eigenvalue weighted by Crippen LogP contribution is 2.41. The first-order chi connectivity index (χ1) is 12.1. The van der Waals surface area contributed by atoms with Crippen molar-refractivity contribution >= 4 is 17.5 Å². The molecule has 0 unspecified atom stereocenters. The fraction of sp³-hybridized carbons (Fsp3) is 0.286. The van der Waals surface area contributed by atoms with Crippen molar-refractivity contribution in [3.8, 4) is 11.8 Å². The summed E-state index contributed by atoms with van der Waals surface area (Å²) < 4.78 is 13.5. The van der Waals surface area contributed by atoms with Gasteiger partial charge in [-0.3, -0.25) is 4.79 Å². The summed E-state index contributed by atoms with van der Waals surface area (Å²) in [5.74, 6) is 5.22. The van der Waals surface area contributed by atoms with Gasteiger partial charge < -0.3 is 5.32 Å². The Hall–Kier alpha value is -2.31. The van der Waals surface area contributed by atoms with E-state index >= 15 is 0 Å². The van der Waals surface area contributed by atoms with E-state index in [0.29, 0.717) is 10.6 Å². The number of halogens is 2. The fourth-order valence-electron chi connectivity index (χ4n) is 3.39. The van der Waals surface area contributed by atoms with Crippen LogP contribution in [0.3, 0.4) is 0 Å². The van der Waals surface area contributed by atoms with Crippen LogP contribution in [0.2, 0.25) is 5.02 Å². The van der Waals surface area contributed by atoms with Crippen LogP contribution in [0.4, 0.5) is 4.39 Å². The number of nitrogens with one attached hydrogen (secondary N) is 1. The topological polar surface area (TPSA) is 29.1 Å². The largest absolute Gasteiger partial charge is 0.344 e. The lowest BCUT2D eigenvalue weighted by Crippen LogP contribution is -2.42. The first-order valence-electron chi connectivity index (χ1n) is 8.40. The van der Waals surface area contributed by atoms with Gasteiger partial charge in [-0.25, -0.2) is 4.39 Å². The first kappa shape index (κ1) is 17.5. The predicted molar refractivity (Wildman–Crippen MR) is 97.9 cm³/mol. The molecule has 0 heterocycles. The first-order valence-corrected chi connectivity index (χ1v) is 8.77. The van der Waals surface area contributed by atoms with Crippen molar-refractivity contribution in [3.63, 3.8) is 0 Å². The molecule has 1 aliphatic rings. The molecule has 1 N–H and O–H groups in total. The van der Waals surface area contributed by atoms with Crippen molar-refractivity contribution in [2.24, 2.45) is 0 Å². The minimum Gasteiger partial charge on any atom is -0.344 e. The lowest BCUT2D eigenvalue weighted by atomic mass is 9.78.